The third-order valence-electron chi connectivity index (χ3n) is 6.01. The van der Waals surface area contributed by atoms with E-state index >= 15 is 0 Å². The fourth-order valence-corrected chi connectivity index (χ4v) is 5.14. The SMILES string of the molecule is CC(Sc1nnc(C(C)N2CCCCC2)n1-c1ccc(F)cc1)C(=O)N1CCOCC1. The van der Waals surface area contributed by atoms with Crippen molar-refractivity contribution in [2.75, 3.05) is 39.4 Å². The minimum absolute atomic E-state index is 0.0765. The molecular formula is C22H30FN5O2S. The van der Waals surface area contributed by atoms with Gasteiger partial charge in [-0.15, -0.1) is 10.2 Å². The van der Waals surface area contributed by atoms with Gasteiger partial charge in [0.15, 0.2) is 11.0 Å². The summed E-state index contributed by atoms with van der Waals surface area (Å²) in [5, 5.41) is 9.33. The molecule has 1 aromatic heterocycles. The molecule has 4 rings (SSSR count). The first-order chi connectivity index (χ1) is 15.0. The zero-order valence-corrected chi connectivity index (χ0v) is 19.0. The van der Waals surface area contributed by atoms with Crippen molar-refractivity contribution in [3.8, 4) is 5.69 Å². The summed E-state index contributed by atoms with van der Waals surface area (Å²) in [6.45, 7) is 8.50. The fourth-order valence-electron chi connectivity index (χ4n) is 4.18. The molecule has 168 valence electrons. The molecule has 2 fully saturated rings. The number of rotatable bonds is 6. The average Bonchev–Trinajstić information content (AvgIpc) is 3.23. The van der Waals surface area contributed by atoms with E-state index in [2.05, 4.69) is 22.0 Å². The van der Waals surface area contributed by atoms with Crippen LogP contribution in [0.1, 0.15) is 45.0 Å². The van der Waals surface area contributed by atoms with Crippen LogP contribution in [0.25, 0.3) is 5.69 Å². The smallest absolute Gasteiger partial charge is 0.236 e. The molecule has 0 spiro atoms. The molecule has 0 bridgehead atoms. The van der Waals surface area contributed by atoms with Crippen LogP contribution < -0.4 is 0 Å². The summed E-state index contributed by atoms with van der Waals surface area (Å²) in [5.74, 6) is 0.613. The van der Waals surface area contributed by atoms with Crippen molar-refractivity contribution in [3.05, 3.63) is 35.9 Å². The Kier molecular flexibility index (Phi) is 7.24. The van der Waals surface area contributed by atoms with Crippen molar-refractivity contribution in [2.45, 2.75) is 49.6 Å². The molecule has 2 atom stereocenters. The number of carbonyl (C=O) groups is 1. The molecule has 2 unspecified atom stereocenters. The van der Waals surface area contributed by atoms with Gasteiger partial charge in [-0.2, -0.15) is 0 Å². The lowest BCUT2D eigenvalue weighted by atomic mass is 10.1. The number of thioether (sulfide) groups is 1. The van der Waals surface area contributed by atoms with E-state index in [-0.39, 0.29) is 23.0 Å². The zero-order valence-electron chi connectivity index (χ0n) is 18.2. The van der Waals surface area contributed by atoms with Gasteiger partial charge >= 0.3 is 0 Å². The van der Waals surface area contributed by atoms with Gasteiger partial charge in [-0.1, -0.05) is 18.2 Å². The first-order valence-electron chi connectivity index (χ1n) is 11.0. The van der Waals surface area contributed by atoms with Crippen molar-refractivity contribution in [1.82, 2.24) is 24.6 Å². The number of hydrogen-bond donors (Lipinski definition) is 0. The number of likely N-dealkylation sites (tertiary alicyclic amines) is 1. The first kappa shape index (κ1) is 22.2. The predicted molar refractivity (Wildman–Crippen MR) is 118 cm³/mol. The van der Waals surface area contributed by atoms with E-state index in [1.165, 1.54) is 43.2 Å². The monoisotopic (exact) mass is 447 g/mol. The van der Waals surface area contributed by atoms with Crippen LogP contribution >= 0.6 is 11.8 Å². The average molecular weight is 448 g/mol. The summed E-state index contributed by atoms with van der Waals surface area (Å²) >= 11 is 1.40. The molecule has 1 aromatic carbocycles. The first-order valence-corrected chi connectivity index (χ1v) is 11.9. The van der Waals surface area contributed by atoms with Crippen molar-refractivity contribution < 1.29 is 13.9 Å². The Balaban J connectivity index is 1.61. The fraction of sp³-hybridized carbons (Fsp3) is 0.591. The van der Waals surface area contributed by atoms with E-state index < -0.39 is 0 Å². The van der Waals surface area contributed by atoms with Crippen LogP contribution in [0, 0.1) is 5.82 Å². The lowest BCUT2D eigenvalue weighted by molar-refractivity contribution is -0.134. The third kappa shape index (κ3) is 5.10. The maximum atomic E-state index is 13.6. The zero-order chi connectivity index (χ0) is 21.8. The second kappa shape index (κ2) is 10.1. The molecule has 31 heavy (non-hydrogen) atoms. The minimum Gasteiger partial charge on any atom is -0.378 e. The number of amides is 1. The number of hydrogen-bond acceptors (Lipinski definition) is 6. The Morgan fingerprint density at radius 2 is 1.71 bits per heavy atom. The molecule has 9 heteroatoms. The topological polar surface area (TPSA) is 63.5 Å². The van der Waals surface area contributed by atoms with Gasteiger partial charge in [-0.25, -0.2) is 4.39 Å². The van der Waals surface area contributed by atoms with Gasteiger partial charge in [-0.3, -0.25) is 14.3 Å². The highest BCUT2D eigenvalue weighted by atomic mass is 32.2. The number of benzene rings is 1. The van der Waals surface area contributed by atoms with E-state index in [1.807, 2.05) is 16.4 Å². The summed E-state index contributed by atoms with van der Waals surface area (Å²) in [6, 6.07) is 6.45. The Labute approximate surface area is 186 Å². The molecule has 3 heterocycles. The van der Waals surface area contributed by atoms with E-state index in [0.29, 0.717) is 31.5 Å². The Morgan fingerprint density at radius 3 is 2.39 bits per heavy atom. The van der Waals surface area contributed by atoms with Gasteiger partial charge in [0.25, 0.3) is 0 Å². The van der Waals surface area contributed by atoms with Gasteiger partial charge < -0.3 is 9.64 Å². The predicted octanol–water partition coefficient (Wildman–Crippen LogP) is 3.29. The summed E-state index contributed by atoms with van der Waals surface area (Å²) in [6.07, 6.45) is 3.62. The molecule has 2 aliphatic heterocycles. The number of aromatic nitrogens is 3. The van der Waals surface area contributed by atoms with Crippen molar-refractivity contribution >= 4 is 17.7 Å². The third-order valence-corrected chi connectivity index (χ3v) is 7.04. The molecule has 0 radical (unpaired) electrons. The molecule has 7 nitrogen and oxygen atoms in total. The van der Waals surface area contributed by atoms with E-state index in [0.717, 1.165) is 24.6 Å². The van der Waals surface area contributed by atoms with Crippen LogP contribution in [0.15, 0.2) is 29.4 Å². The number of carbonyl (C=O) groups excluding carboxylic acids is 1. The molecule has 0 N–H and O–H groups in total. The number of piperidine rings is 1. The standard InChI is InChI=1S/C22H30FN5O2S/c1-16(26-10-4-3-5-11-26)20-24-25-22(28(20)19-8-6-18(23)7-9-19)31-17(2)21(29)27-12-14-30-15-13-27/h6-9,16-17H,3-5,10-15H2,1-2H3. The summed E-state index contributed by atoms with van der Waals surface area (Å²) in [5.41, 5.74) is 0.804. The number of ether oxygens (including phenoxy) is 1. The normalized spacial score (nSPS) is 19.9. The van der Waals surface area contributed by atoms with E-state index in [1.54, 1.807) is 12.1 Å². The summed E-state index contributed by atoms with van der Waals surface area (Å²) in [4.78, 5) is 17.2. The van der Waals surface area contributed by atoms with Crippen molar-refractivity contribution in [2.24, 2.45) is 0 Å². The van der Waals surface area contributed by atoms with E-state index in [9.17, 15) is 9.18 Å². The Hall–Kier alpha value is -1.97. The molecule has 1 amide bonds. The van der Waals surface area contributed by atoms with Gasteiger partial charge in [-0.05, 0) is 64.0 Å². The van der Waals surface area contributed by atoms with Gasteiger partial charge in [0.1, 0.15) is 5.82 Å². The second-order valence-electron chi connectivity index (χ2n) is 8.12. The van der Waals surface area contributed by atoms with Crippen LogP contribution in [0.4, 0.5) is 4.39 Å². The Morgan fingerprint density at radius 1 is 1.03 bits per heavy atom. The largest absolute Gasteiger partial charge is 0.378 e. The van der Waals surface area contributed by atoms with Crippen LogP contribution in [0.3, 0.4) is 0 Å². The number of nitrogens with zero attached hydrogens (tertiary/aromatic N) is 5. The van der Waals surface area contributed by atoms with E-state index in [4.69, 9.17) is 4.74 Å². The van der Waals surface area contributed by atoms with Crippen LogP contribution in [0.2, 0.25) is 0 Å². The Bertz CT molecular complexity index is 879. The second-order valence-corrected chi connectivity index (χ2v) is 9.43. The van der Waals surface area contributed by atoms with Crippen LogP contribution in [0.5, 0.6) is 0 Å². The molecule has 2 aliphatic rings. The van der Waals surface area contributed by atoms with Crippen molar-refractivity contribution in [1.29, 1.82) is 0 Å². The number of halogens is 1. The lowest BCUT2D eigenvalue weighted by Gasteiger charge is -2.32. The van der Waals surface area contributed by atoms with Gasteiger partial charge in [0, 0.05) is 18.8 Å². The maximum absolute atomic E-state index is 13.6. The lowest BCUT2D eigenvalue weighted by Crippen LogP contribution is -2.44. The molecule has 0 saturated carbocycles. The van der Waals surface area contributed by atoms with Gasteiger partial charge in [0.05, 0.1) is 24.5 Å². The number of morpholine rings is 1. The summed E-state index contributed by atoms with van der Waals surface area (Å²) in [7, 11) is 0. The molecule has 2 aromatic rings. The van der Waals surface area contributed by atoms with Crippen molar-refractivity contribution in [3.63, 3.8) is 0 Å². The van der Waals surface area contributed by atoms with Crippen LogP contribution in [-0.2, 0) is 9.53 Å². The van der Waals surface area contributed by atoms with Crippen LogP contribution in [-0.4, -0.2) is 75.1 Å². The highest BCUT2D eigenvalue weighted by Crippen LogP contribution is 2.31. The quantitative estimate of drug-likeness (QED) is 0.634. The molecule has 0 aliphatic carbocycles. The highest BCUT2D eigenvalue weighted by Gasteiger charge is 2.29. The highest BCUT2D eigenvalue weighted by molar-refractivity contribution is 8.00. The van der Waals surface area contributed by atoms with Gasteiger partial charge in [0.2, 0.25) is 5.91 Å². The maximum Gasteiger partial charge on any atom is 0.236 e. The minimum atomic E-state index is -0.306. The molecule has 2 saturated heterocycles. The molecular weight excluding hydrogens is 417 g/mol. The summed E-state index contributed by atoms with van der Waals surface area (Å²) < 4.78 is 20.9.